The van der Waals surface area contributed by atoms with Crippen molar-refractivity contribution < 1.29 is 27.4 Å². The quantitative estimate of drug-likeness (QED) is 0.385. The predicted molar refractivity (Wildman–Crippen MR) is 104 cm³/mol. The third-order valence-corrected chi connectivity index (χ3v) is 3.87. The third kappa shape index (κ3) is 7.17. The molecule has 0 aromatic heterocycles. The van der Waals surface area contributed by atoms with Gasteiger partial charge in [0, 0.05) is 6.07 Å². The first kappa shape index (κ1) is 22.2. The molecule has 0 saturated heterocycles. The van der Waals surface area contributed by atoms with Crippen molar-refractivity contribution in [2.24, 2.45) is 0 Å². The Labute approximate surface area is 171 Å². The minimum Gasteiger partial charge on any atom is -0.490 e. The average molecular weight is 435 g/mol. The number of ether oxygens (including phenoxy) is 3. The largest absolute Gasteiger partial charge is 0.490 e. The maximum Gasteiger partial charge on any atom is 0.416 e. The minimum atomic E-state index is -4.39. The minimum absolute atomic E-state index is 0.0932. The van der Waals surface area contributed by atoms with Crippen molar-refractivity contribution in [2.75, 3.05) is 13.2 Å². The Morgan fingerprint density at radius 3 is 2.25 bits per heavy atom. The molecule has 0 unspecified atom stereocenters. The van der Waals surface area contributed by atoms with Crippen LogP contribution in [0.25, 0.3) is 0 Å². The number of unbranched alkanes of at least 4 members (excludes halogenated alkanes) is 1. The van der Waals surface area contributed by atoms with Crippen LogP contribution in [0.15, 0.2) is 53.0 Å². The maximum atomic E-state index is 12.7. The topological polar surface area (TPSA) is 27.7 Å². The van der Waals surface area contributed by atoms with Crippen LogP contribution in [0.3, 0.4) is 0 Å². The zero-order valence-corrected chi connectivity index (χ0v) is 16.6. The second kappa shape index (κ2) is 10.5. The maximum absolute atomic E-state index is 12.7. The number of benzene rings is 2. The van der Waals surface area contributed by atoms with Gasteiger partial charge in [0.25, 0.3) is 0 Å². The van der Waals surface area contributed by atoms with Gasteiger partial charge in [0.15, 0.2) is 11.5 Å². The van der Waals surface area contributed by atoms with Crippen LogP contribution >= 0.6 is 23.2 Å². The lowest BCUT2D eigenvalue weighted by Crippen LogP contribution is -2.04. The number of rotatable bonds is 9. The van der Waals surface area contributed by atoms with E-state index in [0.29, 0.717) is 23.9 Å². The average Bonchev–Trinajstić information content (AvgIpc) is 2.63. The van der Waals surface area contributed by atoms with E-state index in [2.05, 4.69) is 0 Å². The molecule has 152 valence electrons. The summed E-state index contributed by atoms with van der Waals surface area (Å²) in [7, 11) is 0. The van der Waals surface area contributed by atoms with Gasteiger partial charge in [-0.25, -0.2) is 0 Å². The highest BCUT2D eigenvalue weighted by Gasteiger charge is 2.30. The smallest absolute Gasteiger partial charge is 0.416 e. The van der Waals surface area contributed by atoms with E-state index in [9.17, 15) is 13.2 Å². The van der Waals surface area contributed by atoms with Crippen molar-refractivity contribution in [3.05, 3.63) is 58.6 Å². The normalized spacial score (nSPS) is 11.1. The van der Waals surface area contributed by atoms with Crippen LogP contribution in [-0.4, -0.2) is 13.2 Å². The summed E-state index contributed by atoms with van der Waals surface area (Å²) in [4.78, 5) is 0. The van der Waals surface area contributed by atoms with E-state index in [1.165, 1.54) is 18.2 Å². The Hall–Kier alpha value is -2.05. The Balaban J connectivity index is 2.15. The Kier molecular flexibility index (Phi) is 8.33. The first-order chi connectivity index (χ1) is 13.3. The molecule has 0 fully saturated rings. The van der Waals surface area contributed by atoms with Crippen molar-refractivity contribution in [1.82, 2.24) is 0 Å². The lowest BCUT2D eigenvalue weighted by molar-refractivity contribution is -0.137. The molecule has 0 heterocycles. The molecule has 0 bridgehead atoms. The predicted octanol–water partition coefficient (Wildman–Crippen LogP) is 7.37. The van der Waals surface area contributed by atoms with E-state index in [1.807, 2.05) is 6.92 Å². The number of halogens is 5. The summed E-state index contributed by atoms with van der Waals surface area (Å²) < 4.78 is 55.0. The molecule has 0 N–H and O–H groups in total. The summed E-state index contributed by atoms with van der Waals surface area (Å²) >= 11 is 11.1. The lowest BCUT2D eigenvalue weighted by atomic mass is 10.2. The van der Waals surface area contributed by atoms with E-state index < -0.39 is 11.7 Å². The van der Waals surface area contributed by atoms with Crippen molar-refractivity contribution in [1.29, 1.82) is 0 Å². The Morgan fingerprint density at radius 2 is 1.64 bits per heavy atom. The fourth-order valence-corrected chi connectivity index (χ4v) is 2.28. The highest BCUT2D eigenvalue weighted by molar-refractivity contribution is 6.55. The van der Waals surface area contributed by atoms with Crippen LogP contribution in [0.1, 0.15) is 25.3 Å². The summed E-state index contributed by atoms with van der Waals surface area (Å²) in [5.74, 6) is 1.61. The van der Waals surface area contributed by atoms with Gasteiger partial charge in [-0.1, -0.05) is 36.5 Å². The summed E-state index contributed by atoms with van der Waals surface area (Å²) in [5, 5.41) is 0. The molecule has 0 aliphatic rings. The van der Waals surface area contributed by atoms with E-state index in [1.54, 1.807) is 18.2 Å². The number of hydrogen-bond acceptors (Lipinski definition) is 3. The van der Waals surface area contributed by atoms with E-state index in [-0.39, 0.29) is 16.8 Å². The highest BCUT2D eigenvalue weighted by Crippen LogP contribution is 2.35. The van der Waals surface area contributed by atoms with Gasteiger partial charge in [-0.3, -0.25) is 0 Å². The highest BCUT2D eigenvalue weighted by atomic mass is 35.5. The van der Waals surface area contributed by atoms with Gasteiger partial charge in [-0.15, -0.1) is 0 Å². The molecule has 28 heavy (non-hydrogen) atoms. The molecule has 0 amide bonds. The van der Waals surface area contributed by atoms with Crippen molar-refractivity contribution in [2.45, 2.75) is 25.9 Å². The SMILES string of the molecule is CCCCOc1cc(Oc2ccc(C(F)(F)F)cc2)ccc1OCC=C(Cl)Cl. The summed E-state index contributed by atoms with van der Waals surface area (Å²) in [6, 6.07) is 9.36. The van der Waals surface area contributed by atoms with Crippen molar-refractivity contribution >= 4 is 23.2 Å². The fraction of sp³-hybridized carbons (Fsp3) is 0.300. The summed E-state index contributed by atoms with van der Waals surface area (Å²) in [6.45, 7) is 2.69. The third-order valence-electron chi connectivity index (χ3n) is 3.56. The molecule has 0 atom stereocenters. The monoisotopic (exact) mass is 434 g/mol. The van der Waals surface area contributed by atoms with Gasteiger partial charge in [0.05, 0.1) is 12.2 Å². The molecule has 2 aromatic carbocycles. The molecular formula is C20H19Cl2F3O3. The van der Waals surface area contributed by atoms with Crippen LogP contribution in [-0.2, 0) is 6.18 Å². The van der Waals surface area contributed by atoms with Crippen LogP contribution < -0.4 is 14.2 Å². The molecule has 2 rings (SSSR count). The number of alkyl halides is 3. The van der Waals surface area contributed by atoms with Crippen LogP contribution in [0, 0.1) is 0 Å². The molecule has 0 saturated carbocycles. The summed E-state index contributed by atoms with van der Waals surface area (Å²) in [6.07, 6.45) is -1.08. The van der Waals surface area contributed by atoms with Gasteiger partial charge in [0.1, 0.15) is 22.6 Å². The zero-order chi connectivity index (χ0) is 20.6. The zero-order valence-electron chi connectivity index (χ0n) is 15.1. The van der Waals surface area contributed by atoms with Gasteiger partial charge in [0.2, 0.25) is 0 Å². The second-order valence-electron chi connectivity index (χ2n) is 5.74. The first-order valence-electron chi connectivity index (χ1n) is 8.55. The fourth-order valence-electron chi connectivity index (χ4n) is 2.15. The number of hydrogen-bond donors (Lipinski definition) is 0. The van der Waals surface area contributed by atoms with Gasteiger partial charge in [-0.05, 0) is 48.9 Å². The van der Waals surface area contributed by atoms with Gasteiger partial charge >= 0.3 is 6.18 Å². The molecular weight excluding hydrogens is 416 g/mol. The van der Waals surface area contributed by atoms with Crippen LogP contribution in [0.5, 0.6) is 23.0 Å². The standard InChI is InChI=1S/C20H19Cl2F3O3/c1-2-3-11-26-18-13-16(8-9-17(18)27-12-10-19(21)22)28-15-6-4-14(5-7-15)20(23,24)25/h4-10,13H,2-3,11-12H2,1H3. The first-order valence-corrected chi connectivity index (χ1v) is 9.31. The molecule has 8 heteroatoms. The van der Waals surface area contributed by atoms with E-state index in [0.717, 1.165) is 25.0 Å². The van der Waals surface area contributed by atoms with E-state index in [4.69, 9.17) is 37.4 Å². The van der Waals surface area contributed by atoms with Gasteiger partial charge in [-0.2, -0.15) is 13.2 Å². The van der Waals surface area contributed by atoms with Crippen LogP contribution in [0.2, 0.25) is 0 Å². The molecule has 3 nitrogen and oxygen atoms in total. The van der Waals surface area contributed by atoms with Gasteiger partial charge < -0.3 is 14.2 Å². The molecule has 0 aliphatic carbocycles. The van der Waals surface area contributed by atoms with Crippen molar-refractivity contribution in [3.63, 3.8) is 0 Å². The molecule has 0 radical (unpaired) electrons. The van der Waals surface area contributed by atoms with Crippen LogP contribution in [0.4, 0.5) is 13.2 Å². The molecule has 2 aromatic rings. The second-order valence-corrected chi connectivity index (χ2v) is 6.75. The molecule has 0 aliphatic heterocycles. The van der Waals surface area contributed by atoms with Crippen molar-refractivity contribution in [3.8, 4) is 23.0 Å². The molecule has 0 spiro atoms. The summed E-state index contributed by atoms with van der Waals surface area (Å²) in [5.41, 5.74) is -0.738. The lowest BCUT2D eigenvalue weighted by Gasteiger charge is -2.14. The van der Waals surface area contributed by atoms with E-state index >= 15 is 0 Å². The Morgan fingerprint density at radius 1 is 0.964 bits per heavy atom. The Bertz CT molecular complexity index is 786.